The zero-order chi connectivity index (χ0) is 17.6. The molecule has 1 aliphatic heterocycles. The van der Waals surface area contributed by atoms with Crippen LogP contribution in [0.1, 0.15) is 24.0 Å². The van der Waals surface area contributed by atoms with E-state index in [1.807, 2.05) is 51.1 Å². The van der Waals surface area contributed by atoms with Crippen molar-refractivity contribution in [2.75, 3.05) is 19.7 Å². The molecule has 0 fully saturated rings. The molecule has 1 aromatic heterocycles. The Labute approximate surface area is 148 Å². The number of guanidine groups is 1. The first-order valence-corrected chi connectivity index (χ1v) is 8.62. The van der Waals surface area contributed by atoms with Crippen LogP contribution in [0.4, 0.5) is 0 Å². The molecule has 1 unspecified atom stereocenters. The van der Waals surface area contributed by atoms with E-state index in [1.54, 1.807) is 0 Å². The molecule has 2 aromatic rings. The number of furan rings is 1. The Kier molecular flexibility index (Phi) is 5.48. The van der Waals surface area contributed by atoms with Crippen LogP contribution in [-0.4, -0.2) is 31.8 Å². The van der Waals surface area contributed by atoms with E-state index in [9.17, 15) is 0 Å². The lowest BCUT2D eigenvalue weighted by Gasteiger charge is -2.27. The molecule has 25 heavy (non-hydrogen) atoms. The third-order valence-electron chi connectivity index (χ3n) is 3.96. The van der Waals surface area contributed by atoms with E-state index in [0.717, 1.165) is 41.1 Å². The molecule has 134 valence electrons. The number of aliphatic imine (C=N–C) groups is 1. The van der Waals surface area contributed by atoms with Crippen LogP contribution < -0.4 is 20.1 Å². The molecular weight excluding hydrogens is 318 g/mol. The molecule has 6 heteroatoms. The minimum absolute atomic E-state index is 0.0586. The van der Waals surface area contributed by atoms with Gasteiger partial charge in [0.05, 0.1) is 13.1 Å². The number of hydrogen-bond acceptors (Lipinski definition) is 4. The van der Waals surface area contributed by atoms with Gasteiger partial charge >= 0.3 is 0 Å². The van der Waals surface area contributed by atoms with E-state index < -0.39 is 0 Å². The fourth-order valence-electron chi connectivity index (χ4n) is 2.72. The van der Waals surface area contributed by atoms with Crippen LogP contribution in [0.2, 0.25) is 0 Å². The number of nitrogens with zero attached hydrogens (tertiary/aromatic N) is 1. The molecule has 6 nitrogen and oxygen atoms in total. The summed E-state index contributed by atoms with van der Waals surface area (Å²) in [4.78, 5) is 4.62. The summed E-state index contributed by atoms with van der Waals surface area (Å²) in [7, 11) is 0. The Morgan fingerprint density at radius 3 is 2.72 bits per heavy atom. The highest BCUT2D eigenvalue weighted by molar-refractivity contribution is 5.79. The highest BCUT2D eigenvalue weighted by Crippen LogP contribution is 2.30. The van der Waals surface area contributed by atoms with Gasteiger partial charge in [0.1, 0.15) is 24.2 Å². The van der Waals surface area contributed by atoms with Crippen LogP contribution in [0.15, 0.2) is 39.7 Å². The second kappa shape index (κ2) is 7.96. The fraction of sp³-hybridized carbons (Fsp3) is 0.421. The van der Waals surface area contributed by atoms with Crippen LogP contribution in [-0.2, 0) is 6.54 Å². The topological polar surface area (TPSA) is 68.0 Å². The summed E-state index contributed by atoms with van der Waals surface area (Å²) in [5.41, 5.74) is 1.10. The average molecular weight is 343 g/mol. The molecule has 1 aromatic carbocycles. The number of rotatable bonds is 5. The number of fused-ring (bicyclic) bond motifs is 1. The summed E-state index contributed by atoms with van der Waals surface area (Å²) in [5, 5.41) is 6.57. The molecule has 2 heterocycles. The zero-order valence-corrected chi connectivity index (χ0v) is 15.0. The lowest BCUT2D eigenvalue weighted by molar-refractivity contribution is 0.0936. The second-order valence-electron chi connectivity index (χ2n) is 6.01. The number of hydrogen-bond donors (Lipinski definition) is 2. The van der Waals surface area contributed by atoms with Crippen molar-refractivity contribution in [3.05, 3.63) is 47.4 Å². The van der Waals surface area contributed by atoms with E-state index in [2.05, 4.69) is 15.6 Å². The fourth-order valence-corrected chi connectivity index (χ4v) is 2.72. The first kappa shape index (κ1) is 17.2. The number of nitrogens with one attached hydrogen (secondary N) is 2. The molecular formula is C19H25N3O3. The van der Waals surface area contributed by atoms with Gasteiger partial charge in [0.2, 0.25) is 0 Å². The smallest absolute Gasteiger partial charge is 0.191 e. The minimum atomic E-state index is -0.0586. The third-order valence-corrected chi connectivity index (χ3v) is 3.96. The largest absolute Gasteiger partial charge is 0.486 e. The highest BCUT2D eigenvalue weighted by atomic mass is 16.6. The molecule has 1 atom stereocenters. The van der Waals surface area contributed by atoms with Gasteiger partial charge in [-0.25, -0.2) is 4.99 Å². The van der Waals surface area contributed by atoms with Gasteiger partial charge in [-0.3, -0.25) is 0 Å². The Bertz CT molecular complexity index is 739. The SMILES string of the molecule is CCNC(=NCc1cc(C)oc1C)NCC1COc2ccccc2O1. The van der Waals surface area contributed by atoms with Crippen LogP contribution >= 0.6 is 0 Å². The van der Waals surface area contributed by atoms with Crippen molar-refractivity contribution in [3.63, 3.8) is 0 Å². The van der Waals surface area contributed by atoms with Crippen molar-refractivity contribution >= 4 is 5.96 Å². The normalized spacial score (nSPS) is 16.6. The number of ether oxygens (including phenoxy) is 2. The predicted octanol–water partition coefficient (Wildman–Crippen LogP) is 2.79. The maximum absolute atomic E-state index is 5.96. The number of para-hydroxylation sites is 2. The summed E-state index contributed by atoms with van der Waals surface area (Å²) in [6.45, 7) is 8.45. The van der Waals surface area contributed by atoms with Crippen LogP contribution in [0.5, 0.6) is 11.5 Å². The summed E-state index contributed by atoms with van der Waals surface area (Å²) in [5.74, 6) is 4.16. The molecule has 0 spiro atoms. The van der Waals surface area contributed by atoms with Gasteiger partial charge in [0.15, 0.2) is 17.5 Å². The van der Waals surface area contributed by atoms with E-state index in [-0.39, 0.29) is 6.10 Å². The van der Waals surface area contributed by atoms with Gasteiger partial charge in [-0.05, 0) is 39.0 Å². The Morgan fingerprint density at radius 2 is 2.00 bits per heavy atom. The zero-order valence-electron chi connectivity index (χ0n) is 15.0. The van der Waals surface area contributed by atoms with Crippen molar-refractivity contribution in [2.45, 2.75) is 33.4 Å². The van der Waals surface area contributed by atoms with Gasteiger partial charge in [-0.1, -0.05) is 12.1 Å². The number of aryl methyl sites for hydroxylation is 2. The van der Waals surface area contributed by atoms with E-state index in [1.165, 1.54) is 0 Å². The first-order valence-electron chi connectivity index (χ1n) is 8.62. The summed E-state index contributed by atoms with van der Waals surface area (Å²) in [6.07, 6.45) is -0.0586. The van der Waals surface area contributed by atoms with Crippen molar-refractivity contribution in [1.29, 1.82) is 0 Å². The van der Waals surface area contributed by atoms with Crippen LogP contribution in [0, 0.1) is 13.8 Å². The van der Waals surface area contributed by atoms with Gasteiger partial charge in [0, 0.05) is 12.1 Å². The highest BCUT2D eigenvalue weighted by Gasteiger charge is 2.20. The summed E-state index contributed by atoms with van der Waals surface area (Å²) >= 11 is 0. The molecule has 1 aliphatic rings. The second-order valence-corrected chi connectivity index (χ2v) is 6.01. The monoisotopic (exact) mass is 343 g/mol. The molecule has 0 saturated heterocycles. The molecule has 0 amide bonds. The van der Waals surface area contributed by atoms with Crippen LogP contribution in [0.3, 0.4) is 0 Å². The maximum Gasteiger partial charge on any atom is 0.191 e. The Morgan fingerprint density at radius 1 is 1.20 bits per heavy atom. The lowest BCUT2D eigenvalue weighted by Crippen LogP contribution is -2.45. The average Bonchev–Trinajstić information content (AvgIpc) is 2.94. The van der Waals surface area contributed by atoms with E-state index in [0.29, 0.717) is 19.7 Å². The first-order chi connectivity index (χ1) is 12.2. The van der Waals surface area contributed by atoms with Crippen molar-refractivity contribution in [3.8, 4) is 11.5 Å². The van der Waals surface area contributed by atoms with E-state index in [4.69, 9.17) is 13.9 Å². The summed E-state index contributed by atoms with van der Waals surface area (Å²) < 4.78 is 17.2. The van der Waals surface area contributed by atoms with E-state index >= 15 is 0 Å². The van der Waals surface area contributed by atoms with Gasteiger partial charge < -0.3 is 24.5 Å². The molecule has 3 rings (SSSR count). The molecule has 0 aliphatic carbocycles. The molecule has 0 saturated carbocycles. The quantitative estimate of drug-likeness (QED) is 0.645. The molecule has 0 radical (unpaired) electrons. The van der Waals surface area contributed by atoms with Crippen molar-refractivity contribution in [1.82, 2.24) is 10.6 Å². The lowest BCUT2D eigenvalue weighted by atomic mass is 10.2. The van der Waals surface area contributed by atoms with Crippen LogP contribution in [0.25, 0.3) is 0 Å². The Hall–Kier alpha value is -2.63. The van der Waals surface area contributed by atoms with Crippen molar-refractivity contribution in [2.24, 2.45) is 4.99 Å². The third kappa shape index (κ3) is 4.47. The molecule has 0 bridgehead atoms. The maximum atomic E-state index is 5.96. The van der Waals surface area contributed by atoms with Crippen molar-refractivity contribution < 1.29 is 13.9 Å². The number of benzene rings is 1. The summed E-state index contributed by atoms with van der Waals surface area (Å²) in [6, 6.07) is 9.75. The predicted molar refractivity (Wildman–Crippen MR) is 97.4 cm³/mol. The molecule has 2 N–H and O–H groups in total. The van der Waals surface area contributed by atoms with Gasteiger partial charge in [-0.2, -0.15) is 0 Å². The standard InChI is InChI=1S/C19H25N3O3/c1-4-20-19(21-10-15-9-13(2)24-14(15)3)22-11-16-12-23-17-7-5-6-8-18(17)25-16/h5-9,16H,4,10-12H2,1-3H3,(H2,20,21,22). The van der Waals surface area contributed by atoms with Gasteiger partial charge in [-0.15, -0.1) is 0 Å². The van der Waals surface area contributed by atoms with Gasteiger partial charge in [0.25, 0.3) is 0 Å². The Balaban J connectivity index is 1.57. The minimum Gasteiger partial charge on any atom is -0.486 e.